The zero-order valence-corrected chi connectivity index (χ0v) is 23.0. The largest absolute Gasteiger partial charge is 0.303 e. The van der Waals surface area contributed by atoms with Crippen molar-refractivity contribution in [3.05, 3.63) is 0 Å². The highest BCUT2D eigenvalue weighted by Crippen LogP contribution is 1.93. The second-order valence-corrected chi connectivity index (χ2v) is 4.42. The highest BCUT2D eigenvalue weighted by atomic mass is 15.8. The van der Waals surface area contributed by atoms with Crippen LogP contribution in [0.4, 0.5) is 0 Å². The van der Waals surface area contributed by atoms with Crippen molar-refractivity contribution < 1.29 is 0 Å². The van der Waals surface area contributed by atoms with E-state index in [1.807, 2.05) is 0 Å². The second kappa shape index (κ2) is 39.8. The van der Waals surface area contributed by atoms with Gasteiger partial charge in [-0.05, 0) is 78.3 Å². The molecule has 0 spiro atoms. The molecule has 0 aliphatic carbocycles. The second-order valence-electron chi connectivity index (χ2n) is 4.42. The Morgan fingerprint density at radius 3 is 0.353 bits per heavy atom. The normalized spacial score (nSPS) is 15.3. The van der Waals surface area contributed by atoms with Gasteiger partial charge in [0, 0.05) is 172 Å². The first-order chi connectivity index (χ1) is 25.4. The van der Waals surface area contributed by atoms with E-state index in [9.17, 15) is 0 Å². The average Bonchev–Trinajstić information content (AvgIpc) is 3.14. The van der Waals surface area contributed by atoms with Gasteiger partial charge in [-0.15, -0.1) is 0 Å². The van der Waals surface area contributed by atoms with Crippen molar-refractivity contribution in [1.29, 1.82) is 5.53 Å². The Labute approximate surface area is 268 Å². The summed E-state index contributed by atoms with van der Waals surface area (Å²) in [6.07, 6.45) is 0. The van der Waals surface area contributed by atoms with Gasteiger partial charge in [-0.1, -0.05) is 5.22 Å². The molecule has 0 heterocycles. The average molecular weight is 717 g/mol. The number of rotatable bonds is 24. The van der Waals surface area contributed by atoms with Crippen molar-refractivity contribution in [2.45, 2.75) is 0 Å². The third kappa shape index (κ3) is 39.8. The summed E-state index contributed by atoms with van der Waals surface area (Å²) in [6, 6.07) is 0. The van der Waals surface area contributed by atoms with Crippen molar-refractivity contribution in [3.63, 3.8) is 0 Å². The maximum absolute atomic E-state index is 6.25. The number of nitrogens with one attached hydrogen (secondary N) is 1. The van der Waals surface area contributed by atoms with Crippen LogP contribution in [-0.4, -0.2) is 0 Å². The number of hydrogen-bond donors (Lipinski definition) is 2. The fraction of sp³-hybridized carbons (Fsp3) is 0. The number of nitrogens with two attached hydrogens (primary N) is 1. The minimum atomic E-state index is 2.50. The van der Waals surface area contributed by atoms with Gasteiger partial charge >= 0.3 is 0 Å². The van der Waals surface area contributed by atoms with Crippen LogP contribution < -0.4 is 5.84 Å². The van der Waals surface area contributed by atoms with E-state index in [4.69, 9.17) is 5.53 Å². The summed E-state index contributed by atoms with van der Waals surface area (Å²) in [5, 5.41) is 145. The smallest absolute Gasteiger partial charge is 0 e. The summed E-state index contributed by atoms with van der Waals surface area (Å²) in [4.78, 5) is 0. The van der Waals surface area contributed by atoms with Crippen LogP contribution in [0.1, 0.15) is 0 Å². The first-order valence-corrected chi connectivity index (χ1v) is 10.1. The summed E-state index contributed by atoms with van der Waals surface area (Å²) in [5.74, 6) is 4.62. The third-order valence-electron chi connectivity index (χ3n) is 1.94. The van der Waals surface area contributed by atoms with Crippen molar-refractivity contribution in [1.82, 2.24) is 0 Å². The first kappa shape index (κ1) is 40.8. The summed E-state index contributed by atoms with van der Waals surface area (Å²) in [6.45, 7) is 0. The lowest BCUT2D eigenvalue weighted by molar-refractivity contribution is 0.725. The van der Waals surface area contributed by atoms with Gasteiger partial charge in [-0.25, -0.2) is 0 Å². The molecule has 0 aromatic carbocycles. The molecule has 0 bridgehead atoms. The van der Waals surface area contributed by atoms with E-state index < -0.39 is 0 Å². The summed E-state index contributed by atoms with van der Waals surface area (Å²) in [7, 11) is 0. The zero-order valence-electron chi connectivity index (χ0n) is 23.0. The predicted molar refractivity (Wildman–Crippen MR) is 126 cm³/mol. The van der Waals surface area contributed by atoms with E-state index in [-0.39, 0.29) is 0 Å². The molecule has 0 aromatic rings. The molecule has 0 aliphatic heterocycles. The maximum atomic E-state index is 6.25. The van der Waals surface area contributed by atoms with Gasteiger partial charge < -0.3 is 5.84 Å². The topological polar surface area (TPSA) is 656 Å². The predicted octanol–water partition coefficient (Wildman–Crippen LogP) is 8.70. The van der Waals surface area contributed by atoms with Crippen LogP contribution in [-0.2, 0) is 0 Å². The molecule has 0 atom stereocenters. The molecule has 51 heteroatoms. The molecule has 0 amide bonds. The number of nitrogens with zero attached hydrogens (tertiary/aromatic N) is 49. The van der Waals surface area contributed by atoms with Gasteiger partial charge in [-0.2, -0.15) is 5.53 Å². The van der Waals surface area contributed by atoms with Crippen LogP contribution in [0.2, 0.25) is 0 Å². The molecule has 258 valence electrons. The molecule has 0 saturated heterocycles. The van der Waals surface area contributed by atoms with E-state index in [0.717, 1.165) is 0 Å². The minimum absolute atomic E-state index is 2.50. The van der Waals surface area contributed by atoms with Gasteiger partial charge in [0.25, 0.3) is 0 Å². The third-order valence-corrected chi connectivity index (χ3v) is 1.94. The van der Waals surface area contributed by atoms with E-state index in [0.29, 0.717) is 0 Å². The van der Waals surface area contributed by atoms with Crippen molar-refractivity contribution in [2.24, 2.45) is 262 Å². The van der Waals surface area contributed by atoms with Gasteiger partial charge in [0.2, 0.25) is 0 Å². The van der Waals surface area contributed by atoms with Crippen LogP contribution >= 0.6 is 0 Å². The van der Waals surface area contributed by atoms with Crippen molar-refractivity contribution in [3.8, 4) is 0 Å². The standard InChI is InChI=1S/H3N51/c1-3-5-7-9-11-13-15-17-19-21-23-25-27-29-31-33-35-37-39-41-43-45-47-49-51-50-48-46-44-42-40-38-36-34-32-30-28-26-24-22-20-18-16-14-12-10-8-6-4-2/h(H3,1,2,5,6,9,10,13,14,17,18,21,22,25,26,29,30,33,34,37,38,41,42,45,46,49,50). The van der Waals surface area contributed by atoms with Gasteiger partial charge in [0.05, 0.1) is 0 Å². The van der Waals surface area contributed by atoms with E-state index in [1.54, 1.807) is 0 Å². The SMILES string of the molecule is N=N/N=N/N=N/N=N/N=N/N=N/N=N/N=N/N=N/N=N/N=N/N=N/N=N/N=N/N=N/N=N/N=N/N=N/N=N/N=N/N=N/N=N/N=N/N=N/N=N/N. The Kier molecular flexibility index (Phi) is 31.8. The van der Waals surface area contributed by atoms with Crippen LogP contribution in [0.25, 0.3) is 0 Å². The maximum Gasteiger partial charge on any atom is 0 e. The fourth-order valence-electron chi connectivity index (χ4n) is 0.848. The first-order valence-electron chi connectivity index (χ1n) is 10.1. The van der Waals surface area contributed by atoms with Gasteiger partial charge in [0.1, 0.15) is 0 Å². The summed E-state index contributed by atoms with van der Waals surface area (Å²) < 4.78 is 0. The highest BCUT2D eigenvalue weighted by molar-refractivity contribution is 4.17. The van der Waals surface area contributed by atoms with Crippen LogP contribution in [0.5, 0.6) is 0 Å². The Morgan fingerprint density at radius 1 is 0.157 bits per heavy atom. The molecule has 3 N–H and O–H groups in total. The number of hydrogen-bond acceptors (Lipinski definition) is 2. The molecule has 0 rings (SSSR count). The van der Waals surface area contributed by atoms with E-state index in [2.05, 4.69) is 262 Å². The molecule has 51 nitrogen and oxygen atoms in total. The summed E-state index contributed by atoms with van der Waals surface area (Å²) >= 11 is 0. The van der Waals surface area contributed by atoms with E-state index >= 15 is 0 Å². The Balaban J connectivity index is 4.06. The lowest BCUT2D eigenvalue weighted by Crippen LogP contribution is -1.70. The van der Waals surface area contributed by atoms with E-state index in [1.165, 1.54) is 0 Å². The molecule has 0 aromatic heterocycles. The molecule has 0 aliphatic rings. The molecular formula is H3N51. The lowest BCUT2D eigenvalue weighted by Gasteiger charge is -1.70. The molecule has 0 saturated carbocycles. The highest BCUT2D eigenvalue weighted by Gasteiger charge is 1.75. The summed E-state index contributed by atoms with van der Waals surface area (Å²) in [5.41, 5.74) is 6.25. The molecule has 0 unspecified atom stereocenters. The Bertz CT molecular complexity index is 1610. The molecular weight excluding hydrogens is 714 g/mol. The fourth-order valence-corrected chi connectivity index (χ4v) is 0.848. The van der Waals surface area contributed by atoms with Gasteiger partial charge in [-0.3, -0.25) is 0 Å². The van der Waals surface area contributed by atoms with Crippen LogP contribution in [0.15, 0.2) is 256 Å². The van der Waals surface area contributed by atoms with Crippen molar-refractivity contribution in [2.75, 3.05) is 0 Å². The lowest BCUT2D eigenvalue weighted by atomic mass is 12.3. The van der Waals surface area contributed by atoms with Crippen LogP contribution in [0, 0.1) is 5.53 Å². The quantitative estimate of drug-likeness (QED) is 0.0551. The molecule has 0 fully saturated rings. The Hall–Kier alpha value is -10.2. The van der Waals surface area contributed by atoms with Crippen molar-refractivity contribution >= 4 is 0 Å². The molecule has 51 heavy (non-hydrogen) atoms. The Morgan fingerprint density at radius 2 is 0.255 bits per heavy atom. The minimum Gasteiger partial charge on any atom is -0.303 e. The van der Waals surface area contributed by atoms with Crippen LogP contribution in [0.3, 0.4) is 0 Å². The van der Waals surface area contributed by atoms with Gasteiger partial charge in [0.15, 0.2) is 0 Å². The monoisotopic (exact) mass is 717 g/mol. The zero-order chi connectivity index (χ0) is 36.6. The molecule has 0 radical (unpaired) electrons.